The number of anilines is 1. The van der Waals surface area contributed by atoms with Crippen molar-refractivity contribution in [2.45, 2.75) is 19.8 Å². The van der Waals surface area contributed by atoms with Crippen LogP contribution in [-0.4, -0.2) is 16.8 Å². The van der Waals surface area contributed by atoms with Crippen LogP contribution in [0, 0.1) is 6.92 Å². The number of phenolic OH excluding ortho intramolecular Hbond substituents is 1. The fourth-order valence-corrected chi connectivity index (χ4v) is 1.90. The minimum absolute atomic E-state index is 0.00992. The molecule has 2 aromatic carbocycles. The Morgan fingerprint density at radius 2 is 1.67 bits per heavy atom. The molecule has 0 aliphatic heterocycles. The van der Waals surface area contributed by atoms with Gasteiger partial charge in [-0.3, -0.25) is 9.59 Å². The number of phenols is 1. The standard InChI is InChI=1S/C17H17NO3/c1-12-6-8-13(9-7-12)15(19)10-11-17(21)18-14-4-2-3-5-16(14)20/h2-9,20H,10-11H2,1H3,(H,18,21). The summed E-state index contributed by atoms with van der Waals surface area (Å²) in [5.41, 5.74) is 2.05. The van der Waals surface area contributed by atoms with Crippen LogP contribution in [0.15, 0.2) is 48.5 Å². The molecule has 2 rings (SSSR count). The van der Waals surface area contributed by atoms with Gasteiger partial charge in [0.2, 0.25) is 5.91 Å². The number of rotatable bonds is 5. The average Bonchev–Trinajstić information content (AvgIpc) is 2.48. The summed E-state index contributed by atoms with van der Waals surface area (Å²) < 4.78 is 0. The minimum atomic E-state index is -0.294. The second kappa shape index (κ2) is 6.70. The first kappa shape index (κ1) is 14.8. The highest BCUT2D eigenvalue weighted by atomic mass is 16.3. The molecule has 2 aromatic rings. The fraction of sp³-hybridized carbons (Fsp3) is 0.176. The number of nitrogens with one attached hydrogen (secondary N) is 1. The molecule has 4 nitrogen and oxygen atoms in total. The van der Waals surface area contributed by atoms with Crippen LogP contribution in [0.5, 0.6) is 5.75 Å². The van der Waals surface area contributed by atoms with E-state index in [-0.39, 0.29) is 30.3 Å². The summed E-state index contributed by atoms with van der Waals surface area (Å²) in [6.07, 6.45) is 0.226. The zero-order valence-corrected chi connectivity index (χ0v) is 11.8. The second-order valence-electron chi connectivity index (χ2n) is 4.85. The first-order valence-corrected chi connectivity index (χ1v) is 6.74. The largest absolute Gasteiger partial charge is 0.506 e. The van der Waals surface area contributed by atoms with Gasteiger partial charge in [-0.05, 0) is 19.1 Å². The van der Waals surface area contributed by atoms with Gasteiger partial charge in [0.25, 0.3) is 0 Å². The summed E-state index contributed by atoms with van der Waals surface area (Å²) in [6, 6.07) is 13.8. The molecule has 0 aromatic heterocycles. The maximum atomic E-state index is 12.0. The van der Waals surface area contributed by atoms with Crippen molar-refractivity contribution in [3.8, 4) is 5.75 Å². The van der Waals surface area contributed by atoms with Crippen molar-refractivity contribution in [1.29, 1.82) is 0 Å². The minimum Gasteiger partial charge on any atom is -0.506 e. The lowest BCUT2D eigenvalue weighted by Crippen LogP contribution is -2.13. The Morgan fingerprint density at radius 1 is 1.00 bits per heavy atom. The van der Waals surface area contributed by atoms with Crippen LogP contribution in [0.4, 0.5) is 5.69 Å². The highest BCUT2D eigenvalue weighted by molar-refractivity contribution is 6.00. The first-order valence-electron chi connectivity index (χ1n) is 6.74. The van der Waals surface area contributed by atoms with E-state index in [1.165, 1.54) is 6.07 Å². The Bertz CT molecular complexity index is 647. The number of aromatic hydroxyl groups is 1. The Hall–Kier alpha value is -2.62. The van der Waals surface area contributed by atoms with Gasteiger partial charge < -0.3 is 10.4 Å². The van der Waals surface area contributed by atoms with E-state index >= 15 is 0 Å². The van der Waals surface area contributed by atoms with Gasteiger partial charge in [-0.2, -0.15) is 0 Å². The molecule has 0 saturated heterocycles. The van der Waals surface area contributed by atoms with Gasteiger partial charge in [-0.15, -0.1) is 0 Å². The van der Waals surface area contributed by atoms with Gasteiger partial charge in [0.1, 0.15) is 5.75 Å². The van der Waals surface area contributed by atoms with E-state index in [9.17, 15) is 14.7 Å². The predicted octanol–water partition coefficient (Wildman–Crippen LogP) is 3.30. The number of ketones is 1. The summed E-state index contributed by atoms with van der Waals surface area (Å²) in [6.45, 7) is 1.95. The first-order chi connectivity index (χ1) is 10.1. The number of Topliss-reactive ketones (excluding diaryl/α,β-unsaturated/α-hetero) is 1. The van der Waals surface area contributed by atoms with Crippen LogP contribution in [0.1, 0.15) is 28.8 Å². The van der Waals surface area contributed by atoms with Crippen LogP contribution in [-0.2, 0) is 4.79 Å². The summed E-state index contributed by atoms with van der Waals surface area (Å²) in [5.74, 6) is -0.352. The lowest BCUT2D eigenvalue weighted by atomic mass is 10.0. The topological polar surface area (TPSA) is 66.4 Å². The molecule has 1 amide bonds. The molecule has 2 N–H and O–H groups in total. The van der Waals surface area contributed by atoms with E-state index in [2.05, 4.69) is 5.32 Å². The molecule has 0 aliphatic rings. The molecule has 0 heterocycles. The zero-order valence-electron chi connectivity index (χ0n) is 11.8. The van der Waals surface area contributed by atoms with E-state index in [1.54, 1.807) is 30.3 Å². The molecule has 0 bridgehead atoms. The Kier molecular flexibility index (Phi) is 4.72. The molecule has 21 heavy (non-hydrogen) atoms. The van der Waals surface area contributed by atoms with Crippen LogP contribution < -0.4 is 5.32 Å². The molecular formula is C17H17NO3. The molecular weight excluding hydrogens is 266 g/mol. The van der Waals surface area contributed by atoms with Gasteiger partial charge in [-0.1, -0.05) is 42.0 Å². The maximum Gasteiger partial charge on any atom is 0.224 e. The number of para-hydroxylation sites is 2. The molecule has 0 unspecified atom stereocenters. The van der Waals surface area contributed by atoms with Crippen molar-refractivity contribution in [2.75, 3.05) is 5.32 Å². The van der Waals surface area contributed by atoms with Gasteiger partial charge in [0.15, 0.2) is 5.78 Å². The summed E-state index contributed by atoms with van der Waals surface area (Å²) >= 11 is 0. The van der Waals surface area contributed by atoms with Crippen molar-refractivity contribution in [1.82, 2.24) is 0 Å². The zero-order chi connectivity index (χ0) is 15.2. The van der Waals surface area contributed by atoms with Crippen molar-refractivity contribution < 1.29 is 14.7 Å². The molecule has 0 saturated carbocycles. The average molecular weight is 283 g/mol. The van der Waals surface area contributed by atoms with Crippen molar-refractivity contribution in [3.05, 3.63) is 59.7 Å². The van der Waals surface area contributed by atoms with Gasteiger partial charge in [-0.25, -0.2) is 0 Å². The quantitative estimate of drug-likeness (QED) is 0.653. The number of hydrogen-bond acceptors (Lipinski definition) is 3. The summed E-state index contributed by atoms with van der Waals surface area (Å²) in [5, 5.41) is 12.1. The molecule has 108 valence electrons. The lowest BCUT2D eigenvalue weighted by molar-refractivity contribution is -0.116. The smallest absolute Gasteiger partial charge is 0.224 e. The van der Waals surface area contributed by atoms with E-state index in [0.717, 1.165) is 5.56 Å². The Morgan fingerprint density at radius 3 is 2.33 bits per heavy atom. The van der Waals surface area contributed by atoms with Crippen LogP contribution in [0.2, 0.25) is 0 Å². The third kappa shape index (κ3) is 4.18. The van der Waals surface area contributed by atoms with Crippen LogP contribution in [0.3, 0.4) is 0 Å². The number of carbonyl (C=O) groups is 2. The highest BCUT2D eigenvalue weighted by Gasteiger charge is 2.10. The van der Waals surface area contributed by atoms with Crippen LogP contribution >= 0.6 is 0 Å². The van der Waals surface area contributed by atoms with E-state index in [0.29, 0.717) is 11.3 Å². The normalized spacial score (nSPS) is 10.1. The molecule has 0 atom stereocenters. The molecule has 0 aliphatic carbocycles. The lowest BCUT2D eigenvalue weighted by Gasteiger charge is -2.06. The van der Waals surface area contributed by atoms with Crippen LogP contribution in [0.25, 0.3) is 0 Å². The third-order valence-electron chi connectivity index (χ3n) is 3.13. The summed E-state index contributed by atoms with van der Waals surface area (Å²) in [7, 11) is 0. The monoisotopic (exact) mass is 283 g/mol. The Balaban J connectivity index is 1.88. The molecule has 0 fully saturated rings. The highest BCUT2D eigenvalue weighted by Crippen LogP contribution is 2.21. The Labute approximate surface area is 123 Å². The van der Waals surface area contributed by atoms with E-state index in [4.69, 9.17) is 0 Å². The summed E-state index contributed by atoms with van der Waals surface area (Å²) in [4.78, 5) is 23.7. The van der Waals surface area contributed by atoms with Crippen molar-refractivity contribution in [2.24, 2.45) is 0 Å². The SMILES string of the molecule is Cc1ccc(C(=O)CCC(=O)Nc2ccccc2O)cc1. The van der Waals surface area contributed by atoms with Gasteiger partial charge in [0, 0.05) is 18.4 Å². The number of aryl methyl sites for hydroxylation is 1. The van der Waals surface area contributed by atoms with E-state index in [1.807, 2.05) is 19.1 Å². The number of hydrogen-bond donors (Lipinski definition) is 2. The predicted molar refractivity (Wildman–Crippen MR) is 81.5 cm³/mol. The molecule has 4 heteroatoms. The number of amides is 1. The third-order valence-corrected chi connectivity index (χ3v) is 3.13. The number of carbonyl (C=O) groups excluding carboxylic acids is 2. The maximum absolute atomic E-state index is 12.0. The van der Waals surface area contributed by atoms with E-state index < -0.39 is 0 Å². The van der Waals surface area contributed by atoms with Crippen molar-refractivity contribution in [3.63, 3.8) is 0 Å². The number of benzene rings is 2. The molecule has 0 spiro atoms. The molecule has 0 radical (unpaired) electrons. The second-order valence-corrected chi connectivity index (χ2v) is 4.85. The van der Waals surface area contributed by atoms with Gasteiger partial charge >= 0.3 is 0 Å². The fourth-order valence-electron chi connectivity index (χ4n) is 1.90. The van der Waals surface area contributed by atoms with Crippen molar-refractivity contribution >= 4 is 17.4 Å². The van der Waals surface area contributed by atoms with Gasteiger partial charge in [0.05, 0.1) is 5.69 Å².